The van der Waals surface area contributed by atoms with Gasteiger partial charge in [0.05, 0.1) is 6.10 Å². The molecule has 0 bridgehead atoms. The highest BCUT2D eigenvalue weighted by atomic mass is 16.5. The van der Waals surface area contributed by atoms with Gasteiger partial charge in [0, 0.05) is 18.7 Å². The Labute approximate surface area is 86.5 Å². The molecule has 0 aromatic heterocycles. The van der Waals surface area contributed by atoms with Gasteiger partial charge >= 0.3 is 0 Å². The Hall–Kier alpha value is -0.830. The summed E-state index contributed by atoms with van der Waals surface area (Å²) in [5, 5.41) is 2.77. The smallest absolute Gasteiger partial charge is 0.246 e. The first-order valence-corrected chi connectivity index (χ1v) is 5.13. The largest absolute Gasteiger partial charge is 0.378 e. The van der Waals surface area contributed by atoms with Gasteiger partial charge < -0.3 is 10.1 Å². The molecule has 0 spiro atoms. The van der Waals surface area contributed by atoms with Crippen LogP contribution in [0.25, 0.3) is 0 Å². The fourth-order valence-electron chi connectivity index (χ4n) is 0.942. The van der Waals surface area contributed by atoms with Gasteiger partial charge in [0.15, 0.2) is 0 Å². The maximum Gasteiger partial charge on any atom is 0.246 e. The monoisotopic (exact) mass is 199 g/mol. The molecule has 14 heavy (non-hydrogen) atoms. The third-order valence-corrected chi connectivity index (χ3v) is 1.83. The average Bonchev–Trinajstić information content (AvgIpc) is 2.14. The number of rotatable bonds is 7. The summed E-state index contributed by atoms with van der Waals surface area (Å²) < 4.78 is 5.46. The number of hydrogen-bond acceptors (Lipinski definition) is 2. The van der Waals surface area contributed by atoms with E-state index < -0.39 is 0 Å². The molecule has 3 nitrogen and oxygen atoms in total. The first-order chi connectivity index (χ1) is 6.57. The third kappa shape index (κ3) is 6.66. The summed E-state index contributed by atoms with van der Waals surface area (Å²) in [6, 6.07) is 0. The second-order valence-corrected chi connectivity index (χ2v) is 3.51. The zero-order chi connectivity index (χ0) is 11.0. The lowest BCUT2D eigenvalue weighted by molar-refractivity contribution is -0.117. The van der Waals surface area contributed by atoms with Crippen LogP contribution in [0.3, 0.4) is 0 Å². The molecule has 82 valence electrons. The predicted octanol–water partition coefficient (Wildman–Crippen LogP) is 1.88. The average molecular weight is 199 g/mol. The third-order valence-electron chi connectivity index (χ3n) is 1.83. The first-order valence-electron chi connectivity index (χ1n) is 5.13. The summed E-state index contributed by atoms with van der Waals surface area (Å²) in [5.74, 6) is -0.0762. The molecule has 0 aromatic rings. The van der Waals surface area contributed by atoms with Crippen LogP contribution in [0.4, 0.5) is 0 Å². The molecular formula is C11H21NO2. The summed E-state index contributed by atoms with van der Waals surface area (Å²) in [5.41, 5.74) is 0.548. The molecule has 0 radical (unpaired) electrons. The fourth-order valence-corrected chi connectivity index (χ4v) is 0.942. The Morgan fingerprint density at radius 2 is 2.21 bits per heavy atom. The van der Waals surface area contributed by atoms with E-state index in [1.54, 1.807) is 6.92 Å². The normalized spacial score (nSPS) is 12.2. The van der Waals surface area contributed by atoms with Gasteiger partial charge in [-0.1, -0.05) is 13.5 Å². The maximum absolute atomic E-state index is 11.1. The first kappa shape index (κ1) is 13.2. The highest BCUT2D eigenvalue weighted by molar-refractivity contribution is 5.91. The maximum atomic E-state index is 11.1. The lowest BCUT2D eigenvalue weighted by atomic mass is 10.2. The van der Waals surface area contributed by atoms with E-state index in [1.807, 2.05) is 6.92 Å². The van der Waals surface area contributed by atoms with Crippen LogP contribution in [0.15, 0.2) is 12.2 Å². The zero-order valence-electron chi connectivity index (χ0n) is 9.43. The fraction of sp³-hybridized carbons (Fsp3) is 0.727. The lowest BCUT2D eigenvalue weighted by Gasteiger charge is -2.12. The standard InChI is InChI=1S/C11H21NO2/c1-5-8-14-10(4)6-7-12-11(13)9(2)3/h10H,2,5-8H2,1,3-4H3,(H,12,13). The topological polar surface area (TPSA) is 38.3 Å². The zero-order valence-corrected chi connectivity index (χ0v) is 9.43. The highest BCUT2D eigenvalue weighted by Gasteiger charge is 2.03. The van der Waals surface area contributed by atoms with Crippen molar-refractivity contribution in [3.8, 4) is 0 Å². The number of ether oxygens (including phenoxy) is 1. The van der Waals surface area contributed by atoms with Crippen LogP contribution in [0.5, 0.6) is 0 Å². The van der Waals surface area contributed by atoms with Gasteiger partial charge in [-0.3, -0.25) is 4.79 Å². The van der Waals surface area contributed by atoms with Crippen molar-refractivity contribution in [2.45, 2.75) is 39.7 Å². The molecule has 0 aliphatic heterocycles. The lowest BCUT2D eigenvalue weighted by Crippen LogP contribution is -2.27. The summed E-state index contributed by atoms with van der Waals surface area (Å²) in [4.78, 5) is 11.1. The molecule has 3 heteroatoms. The summed E-state index contributed by atoms with van der Waals surface area (Å²) in [6.45, 7) is 10.8. The van der Waals surface area contributed by atoms with Gasteiger partial charge in [-0.2, -0.15) is 0 Å². The highest BCUT2D eigenvalue weighted by Crippen LogP contribution is 1.97. The van der Waals surface area contributed by atoms with Crippen molar-refractivity contribution in [1.82, 2.24) is 5.32 Å². The Kier molecular flexibility index (Phi) is 7.11. The molecule has 1 amide bonds. The summed E-state index contributed by atoms with van der Waals surface area (Å²) in [7, 11) is 0. The Bertz CT molecular complexity index is 190. The van der Waals surface area contributed by atoms with E-state index in [4.69, 9.17) is 4.74 Å². The van der Waals surface area contributed by atoms with Crippen molar-refractivity contribution in [3.63, 3.8) is 0 Å². The number of hydrogen-bond donors (Lipinski definition) is 1. The van der Waals surface area contributed by atoms with E-state index in [2.05, 4.69) is 18.8 Å². The Balaban J connectivity index is 3.44. The van der Waals surface area contributed by atoms with Gasteiger partial charge in [-0.15, -0.1) is 0 Å². The second kappa shape index (κ2) is 7.56. The molecule has 0 aromatic carbocycles. The van der Waals surface area contributed by atoms with E-state index in [0.717, 1.165) is 19.4 Å². The molecule has 0 aliphatic rings. The molecule has 0 rings (SSSR count). The van der Waals surface area contributed by atoms with Crippen molar-refractivity contribution in [2.75, 3.05) is 13.2 Å². The van der Waals surface area contributed by atoms with E-state index >= 15 is 0 Å². The van der Waals surface area contributed by atoms with Crippen LogP contribution >= 0.6 is 0 Å². The molecule has 0 aliphatic carbocycles. The molecule has 0 saturated heterocycles. The van der Waals surface area contributed by atoms with Crippen LogP contribution in [0.1, 0.15) is 33.6 Å². The molecule has 1 unspecified atom stereocenters. The molecule has 0 heterocycles. The molecule has 0 fully saturated rings. The van der Waals surface area contributed by atoms with Crippen LogP contribution in [-0.4, -0.2) is 25.2 Å². The number of amides is 1. The van der Waals surface area contributed by atoms with Crippen molar-refractivity contribution in [3.05, 3.63) is 12.2 Å². The molecular weight excluding hydrogens is 178 g/mol. The van der Waals surface area contributed by atoms with E-state index in [9.17, 15) is 4.79 Å². The van der Waals surface area contributed by atoms with Crippen molar-refractivity contribution in [1.29, 1.82) is 0 Å². The number of nitrogens with one attached hydrogen (secondary N) is 1. The summed E-state index contributed by atoms with van der Waals surface area (Å²) >= 11 is 0. The quantitative estimate of drug-likeness (QED) is 0.636. The summed E-state index contributed by atoms with van der Waals surface area (Å²) in [6.07, 6.45) is 2.09. The van der Waals surface area contributed by atoms with E-state index in [1.165, 1.54) is 0 Å². The SMILES string of the molecule is C=C(C)C(=O)NCCC(C)OCCC. The van der Waals surface area contributed by atoms with Gasteiger partial charge in [-0.25, -0.2) is 0 Å². The minimum Gasteiger partial charge on any atom is -0.378 e. The van der Waals surface area contributed by atoms with Gasteiger partial charge in [0.2, 0.25) is 5.91 Å². The van der Waals surface area contributed by atoms with Gasteiger partial charge in [0.1, 0.15) is 0 Å². The van der Waals surface area contributed by atoms with Crippen molar-refractivity contribution < 1.29 is 9.53 Å². The Morgan fingerprint density at radius 3 is 2.71 bits per heavy atom. The minimum absolute atomic E-state index is 0.0762. The van der Waals surface area contributed by atoms with E-state index in [0.29, 0.717) is 12.1 Å². The second-order valence-electron chi connectivity index (χ2n) is 3.51. The van der Waals surface area contributed by atoms with E-state index in [-0.39, 0.29) is 12.0 Å². The van der Waals surface area contributed by atoms with Crippen LogP contribution in [-0.2, 0) is 9.53 Å². The molecule has 1 atom stereocenters. The van der Waals surface area contributed by atoms with Crippen LogP contribution in [0, 0.1) is 0 Å². The molecule has 1 N–H and O–H groups in total. The van der Waals surface area contributed by atoms with Crippen LogP contribution in [0.2, 0.25) is 0 Å². The number of carbonyl (C=O) groups is 1. The number of carbonyl (C=O) groups excluding carboxylic acids is 1. The van der Waals surface area contributed by atoms with Crippen LogP contribution < -0.4 is 5.32 Å². The van der Waals surface area contributed by atoms with Gasteiger partial charge in [-0.05, 0) is 26.7 Å². The van der Waals surface area contributed by atoms with Gasteiger partial charge in [0.25, 0.3) is 0 Å². The van der Waals surface area contributed by atoms with Crippen molar-refractivity contribution in [2.24, 2.45) is 0 Å². The van der Waals surface area contributed by atoms with Crippen molar-refractivity contribution >= 4 is 5.91 Å². The molecule has 0 saturated carbocycles. The minimum atomic E-state index is -0.0762. The predicted molar refractivity (Wildman–Crippen MR) is 58.1 cm³/mol. The Morgan fingerprint density at radius 1 is 1.57 bits per heavy atom.